The van der Waals surface area contributed by atoms with E-state index < -0.39 is 0 Å². The highest BCUT2D eigenvalue weighted by Crippen LogP contribution is 2.38. The second kappa shape index (κ2) is 9.77. The predicted octanol–water partition coefficient (Wildman–Crippen LogP) is 7.43. The SMILES string of the molecule is CCC(=O)Nc1cc(N(CC)CC)ccc1N=Nc1snc2c(Br)cc(Br)cc12. The zero-order chi connectivity index (χ0) is 21.0. The summed E-state index contributed by atoms with van der Waals surface area (Å²) in [6.07, 6.45) is 0.396. The zero-order valence-corrected chi connectivity index (χ0v) is 20.4. The minimum atomic E-state index is -0.0609. The Hall–Kier alpha value is -1.84. The lowest BCUT2D eigenvalue weighted by atomic mass is 10.2. The van der Waals surface area contributed by atoms with E-state index in [0.717, 1.165) is 38.6 Å². The molecule has 1 aromatic heterocycles. The maximum Gasteiger partial charge on any atom is 0.224 e. The number of aromatic nitrogens is 1. The van der Waals surface area contributed by atoms with Crippen LogP contribution in [-0.2, 0) is 4.79 Å². The first-order chi connectivity index (χ1) is 14.0. The van der Waals surface area contributed by atoms with Gasteiger partial charge in [-0.05, 0) is 71.6 Å². The number of nitrogens with one attached hydrogen (secondary N) is 1. The summed E-state index contributed by atoms with van der Waals surface area (Å²) in [6, 6.07) is 9.76. The fourth-order valence-electron chi connectivity index (χ4n) is 2.87. The molecule has 0 bridgehead atoms. The van der Waals surface area contributed by atoms with E-state index >= 15 is 0 Å². The summed E-state index contributed by atoms with van der Waals surface area (Å²) in [4.78, 5) is 14.2. The van der Waals surface area contributed by atoms with Gasteiger partial charge in [0.1, 0.15) is 11.2 Å². The standard InChI is InChI=1S/C20H21Br2N5OS/c1-4-18(28)23-17-11-13(27(5-2)6-3)7-8-16(17)24-25-20-14-9-12(21)10-15(22)19(14)26-29-20/h7-11H,4-6H2,1-3H3,(H,23,28). The van der Waals surface area contributed by atoms with Crippen molar-refractivity contribution in [3.63, 3.8) is 0 Å². The number of hydrogen-bond donors (Lipinski definition) is 1. The molecule has 0 aliphatic rings. The van der Waals surface area contributed by atoms with E-state index in [1.807, 2.05) is 37.3 Å². The van der Waals surface area contributed by atoms with Crippen molar-refractivity contribution in [1.29, 1.82) is 0 Å². The van der Waals surface area contributed by atoms with Crippen LogP contribution in [0.4, 0.5) is 22.1 Å². The number of hydrogen-bond acceptors (Lipinski definition) is 6. The molecule has 3 rings (SSSR count). The number of rotatable bonds is 7. The second-order valence-electron chi connectivity index (χ2n) is 6.25. The lowest BCUT2D eigenvalue weighted by Gasteiger charge is -2.22. The van der Waals surface area contributed by atoms with Crippen molar-refractivity contribution >= 4 is 82.3 Å². The van der Waals surface area contributed by atoms with Gasteiger partial charge in [-0.25, -0.2) is 0 Å². The average molecular weight is 539 g/mol. The monoisotopic (exact) mass is 537 g/mol. The maximum absolute atomic E-state index is 12.0. The molecule has 0 spiro atoms. The van der Waals surface area contributed by atoms with E-state index in [1.165, 1.54) is 11.5 Å². The normalized spacial score (nSPS) is 11.3. The number of amides is 1. The third kappa shape index (κ3) is 5.02. The second-order valence-corrected chi connectivity index (χ2v) is 8.77. The van der Waals surface area contributed by atoms with Gasteiger partial charge in [-0.3, -0.25) is 4.79 Å². The molecule has 1 heterocycles. The van der Waals surface area contributed by atoms with Crippen molar-refractivity contribution in [3.8, 4) is 0 Å². The fraction of sp³-hybridized carbons (Fsp3) is 0.300. The van der Waals surface area contributed by atoms with Gasteiger partial charge in [0.2, 0.25) is 5.91 Å². The van der Waals surface area contributed by atoms with Crippen molar-refractivity contribution in [2.24, 2.45) is 10.2 Å². The van der Waals surface area contributed by atoms with Gasteiger partial charge < -0.3 is 10.2 Å². The largest absolute Gasteiger partial charge is 0.372 e. The third-order valence-electron chi connectivity index (χ3n) is 4.43. The molecule has 0 aliphatic heterocycles. The van der Waals surface area contributed by atoms with Crippen LogP contribution in [0, 0.1) is 0 Å². The molecule has 3 aromatic rings. The van der Waals surface area contributed by atoms with E-state index in [0.29, 0.717) is 22.8 Å². The summed E-state index contributed by atoms with van der Waals surface area (Å²) in [5.74, 6) is -0.0609. The summed E-state index contributed by atoms with van der Waals surface area (Å²) in [5, 5.41) is 13.4. The summed E-state index contributed by atoms with van der Waals surface area (Å²) >= 11 is 8.32. The fourth-order valence-corrected chi connectivity index (χ4v) is 5.00. The van der Waals surface area contributed by atoms with Crippen LogP contribution in [0.2, 0.25) is 0 Å². The molecule has 0 aliphatic carbocycles. The van der Waals surface area contributed by atoms with E-state index in [2.05, 4.69) is 70.5 Å². The summed E-state index contributed by atoms with van der Waals surface area (Å²) in [7, 11) is 0. The van der Waals surface area contributed by atoms with Gasteiger partial charge in [0.05, 0.1) is 5.69 Å². The number of carbonyl (C=O) groups excluding carboxylic acids is 1. The molecule has 0 saturated carbocycles. The highest BCUT2D eigenvalue weighted by molar-refractivity contribution is 9.11. The Morgan fingerprint density at radius 3 is 2.59 bits per heavy atom. The van der Waals surface area contributed by atoms with Crippen LogP contribution >= 0.6 is 43.4 Å². The van der Waals surface area contributed by atoms with Crippen LogP contribution in [0.15, 0.2) is 49.5 Å². The number of carbonyl (C=O) groups is 1. The number of azo groups is 1. The van der Waals surface area contributed by atoms with E-state index in [-0.39, 0.29) is 5.91 Å². The lowest BCUT2D eigenvalue weighted by Crippen LogP contribution is -2.22. The van der Waals surface area contributed by atoms with Crippen LogP contribution in [0.1, 0.15) is 27.2 Å². The highest BCUT2D eigenvalue weighted by Gasteiger charge is 2.12. The van der Waals surface area contributed by atoms with Gasteiger partial charge in [-0.2, -0.15) is 4.37 Å². The van der Waals surface area contributed by atoms with Gasteiger partial charge in [0, 0.05) is 39.5 Å². The Balaban J connectivity index is 2.00. The molecule has 9 heteroatoms. The Morgan fingerprint density at radius 1 is 1.14 bits per heavy atom. The quantitative estimate of drug-likeness (QED) is 0.318. The third-order valence-corrected chi connectivity index (χ3v) is 6.25. The van der Waals surface area contributed by atoms with Crippen LogP contribution in [0.5, 0.6) is 0 Å². The number of anilines is 2. The number of benzene rings is 2. The number of fused-ring (bicyclic) bond motifs is 1. The van der Waals surface area contributed by atoms with Crippen LogP contribution in [0.3, 0.4) is 0 Å². The first kappa shape index (κ1) is 21.9. The molecular formula is C20H21Br2N5OS. The van der Waals surface area contributed by atoms with Crippen molar-refractivity contribution < 1.29 is 4.79 Å². The lowest BCUT2D eigenvalue weighted by molar-refractivity contribution is -0.115. The minimum Gasteiger partial charge on any atom is -0.372 e. The molecule has 2 aromatic carbocycles. The first-order valence-electron chi connectivity index (χ1n) is 9.31. The minimum absolute atomic E-state index is 0.0609. The molecule has 6 nitrogen and oxygen atoms in total. The number of nitrogens with zero attached hydrogens (tertiary/aromatic N) is 4. The van der Waals surface area contributed by atoms with Gasteiger partial charge in [-0.15, -0.1) is 10.2 Å². The van der Waals surface area contributed by atoms with E-state index in [9.17, 15) is 4.79 Å². The Morgan fingerprint density at radius 2 is 1.90 bits per heavy atom. The van der Waals surface area contributed by atoms with Crippen molar-refractivity contribution in [3.05, 3.63) is 39.3 Å². The molecule has 0 fully saturated rings. The van der Waals surface area contributed by atoms with Gasteiger partial charge in [-0.1, -0.05) is 22.9 Å². The predicted molar refractivity (Wildman–Crippen MR) is 128 cm³/mol. The van der Waals surface area contributed by atoms with Crippen LogP contribution < -0.4 is 10.2 Å². The maximum atomic E-state index is 12.0. The van der Waals surface area contributed by atoms with Crippen molar-refractivity contribution in [1.82, 2.24) is 4.37 Å². The summed E-state index contributed by atoms with van der Waals surface area (Å²) in [6.45, 7) is 7.80. The van der Waals surface area contributed by atoms with Gasteiger partial charge in [0.25, 0.3) is 0 Å². The molecule has 0 saturated heterocycles. The smallest absolute Gasteiger partial charge is 0.224 e. The molecule has 152 valence electrons. The zero-order valence-electron chi connectivity index (χ0n) is 16.4. The van der Waals surface area contributed by atoms with Crippen LogP contribution in [0.25, 0.3) is 10.9 Å². The topological polar surface area (TPSA) is 70.0 Å². The van der Waals surface area contributed by atoms with Crippen molar-refractivity contribution in [2.75, 3.05) is 23.3 Å². The van der Waals surface area contributed by atoms with Crippen LogP contribution in [-0.4, -0.2) is 23.4 Å². The Labute approximate surface area is 190 Å². The molecular weight excluding hydrogens is 518 g/mol. The molecule has 29 heavy (non-hydrogen) atoms. The average Bonchev–Trinajstić information content (AvgIpc) is 3.11. The first-order valence-corrected chi connectivity index (χ1v) is 11.7. The molecule has 0 unspecified atom stereocenters. The molecule has 0 radical (unpaired) electrons. The molecule has 1 N–H and O–H groups in total. The summed E-state index contributed by atoms with van der Waals surface area (Å²) < 4.78 is 6.30. The van der Waals surface area contributed by atoms with E-state index in [1.54, 1.807) is 0 Å². The Bertz CT molecular complexity index is 1060. The Kier molecular flexibility index (Phi) is 7.37. The van der Waals surface area contributed by atoms with Crippen molar-refractivity contribution in [2.45, 2.75) is 27.2 Å². The number of halogens is 2. The summed E-state index contributed by atoms with van der Waals surface area (Å²) in [5.41, 5.74) is 3.15. The van der Waals surface area contributed by atoms with Gasteiger partial charge in [0.15, 0.2) is 5.00 Å². The molecule has 1 amide bonds. The van der Waals surface area contributed by atoms with E-state index in [4.69, 9.17) is 0 Å². The van der Waals surface area contributed by atoms with Gasteiger partial charge >= 0.3 is 0 Å². The molecule has 0 atom stereocenters. The highest BCUT2D eigenvalue weighted by atomic mass is 79.9.